The molecule has 0 atom stereocenters. The number of benzene rings is 2. The third-order valence-corrected chi connectivity index (χ3v) is 5.65. The Bertz CT molecular complexity index is 985. The number of amides is 1. The van der Waals surface area contributed by atoms with E-state index in [1.54, 1.807) is 49.6 Å². The molecular formula is C19H15Cl2NO4S. The number of nitrogens with one attached hydrogen (secondary N) is 1. The Morgan fingerprint density at radius 2 is 1.85 bits per heavy atom. The van der Waals surface area contributed by atoms with Gasteiger partial charge >= 0.3 is 5.97 Å². The van der Waals surface area contributed by atoms with Crippen LogP contribution in [-0.4, -0.2) is 25.6 Å². The first kappa shape index (κ1) is 19.5. The summed E-state index contributed by atoms with van der Waals surface area (Å²) >= 11 is 13.3. The Morgan fingerprint density at radius 1 is 1.11 bits per heavy atom. The van der Waals surface area contributed by atoms with E-state index in [9.17, 15) is 9.59 Å². The van der Waals surface area contributed by atoms with Crippen LogP contribution in [0.3, 0.4) is 0 Å². The number of rotatable bonds is 6. The number of thiophene rings is 1. The van der Waals surface area contributed by atoms with Gasteiger partial charge in [-0.2, -0.15) is 0 Å². The second-order valence-electron chi connectivity index (χ2n) is 5.59. The van der Waals surface area contributed by atoms with Crippen molar-refractivity contribution in [3.63, 3.8) is 0 Å². The van der Waals surface area contributed by atoms with Crippen LogP contribution in [0.4, 0.5) is 0 Å². The standard InChI is InChI=1S/C19H15Cl2NO4S/c1-25-13-6-7-14-15(8-13)27-18(17(14)21)19(24)26-10-16(23)22-9-11-2-4-12(20)5-3-11/h2-8H,9-10H2,1H3,(H,22,23). The minimum absolute atomic E-state index is 0.255. The highest BCUT2D eigenvalue weighted by Gasteiger charge is 2.19. The molecule has 1 amide bonds. The van der Waals surface area contributed by atoms with E-state index in [1.165, 1.54) is 11.3 Å². The van der Waals surface area contributed by atoms with Gasteiger partial charge in [0.15, 0.2) is 6.61 Å². The number of hydrogen-bond donors (Lipinski definition) is 1. The number of carbonyl (C=O) groups excluding carboxylic acids is 2. The lowest BCUT2D eigenvalue weighted by Crippen LogP contribution is -2.28. The van der Waals surface area contributed by atoms with Crippen molar-refractivity contribution in [2.45, 2.75) is 6.54 Å². The molecular weight excluding hydrogens is 409 g/mol. The van der Waals surface area contributed by atoms with Crippen molar-refractivity contribution >= 4 is 56.5 Å². The molecule has 0 aliphatic heterocycles. The maximum absolute atomic E-state index is 12.3. The zero-order chi connectivity index (χ0) is 19.4. The maximum atomic E-state index is 12.3. The van der Waals surface area contributed by atoms with Gasteiger partial charge in [0.1, 0.15) is 10.6 Å². The summed E-state index contributed by atoms with van der Waals surface area (Å²) in [5, 5.41) is 4.35. The minimum Gasteiger partial charge on any atom is -0.497 e. The highest BCUT2D eigenvalue weighted by atomic mass is 35.5. The van der Waals surface area contributed by atoms with Crippen molar-refractivity contribution < 1.29 is 19.1 Å². The second kappa shape index (κ2) is 8.61. The molecule has 8 heteroatoms. The Morgan fingerprint density at radius 3 is 2.56 bits per heavy atom. The maximum Gasteiger partial charge on any atom is 0.350 e. The number of halogens is 2. The van der Waals surface area contributed by atoms with E-state index < -0.39 is 11.9 Å². The molecule has 0 bridgehead atoms. The van der Waals surface area contributed by atoms with Crippen LogP contribution in [0.15, 0.2) is 42.5 Å². The van der Waals surface area contributed by atoms with Crippen molar-refractivity contribution in [2.75, 3.05) is 13.7 Å². The summed E-state index contributed by atoms with van der Waals surface area (Å²) in [6.07, 6.45) is 0. The second-order valence-corrected chi connectivity index (χ2v) is 7.45. The van der Waals surface area contributed by atoms with E-state index in [1.807, 2.05) is 0 Å². The van der Waals surface area contributed by atoms with Crippen LogP contribution in [0.1, 0.15) is 15.2 Å². The first-order valence-electron chi connectivity index (χ1n) is 7.92. The van der Waals surface area contributed by atoms with Crippen molar-refractivity contribution in [2.24, 2.45) is 0 Å². The SMILES string of the molecule is COc1ccc2c(Cl)c(C(=O)OCC(=O)NCc3ccc(Cl)cc3)sc2c1. The van der Waals surface area contributed by atoms with Gasteiger partial charge in [0, 0.05) is 21.7 Å². The van der Waals surface area contributed by atoms with E-state index >= 15 is 0 Å². The topological polar surface area (TPSA) is 64.6 Å². The fourth-order valence-electron chi connectivity index (χ4n) is 2.35. The Balaban J connectivity index is 1.58. The molecule has 0 aliphatic carbocycles. The summed E-state index contributed by atoms with van der Waals surface area (Å²) in [6.45, 7) is -0.0721. The number of ether oxygens (including phenoxy) is 2. The third-order valence-electron chi connectivity index (χ3n) is 3.76. The Labute approximate surface area is 169 Å². The van der Waals surface area contributed by atoms with Crippen molar-refractivity contribution in [3.05, 3.63) is 63.0 Å². The normalized spacial score (nSPS) is 10.6. The molecule has 0 radical (unpaired) electrons. The van der Waals surface area contributed by atoms with Crippen LogP contribution >= 0.6 is 34.5 Å². The van der Waals surface area contributed by atoms with Crippen LogP contribution in [0, 0.1) is 0 Å². The van der Waals surface area contributed by atoms with Gasteiger partial charge in [0.2, 0.25) is 0 Å². The molecule has 27 heavy (non-hydrogen) atoms. The summed E-state index contributed by atoms with van der Waals surface area (Å²) in [7, 11) is 1.56. The molecule has 3 aromatic rings. The highest BCUT2D eigenvalue weighted by Crippen LogP contribution is 2.37. The number of hydrogen-bond acceptors (Lipinski definition) is 5. The first-order chi connectivity index (χ1) is 13.0. The largest absolute Gasteiger partial charge is 0.497 e. The van der Waals surface area contributed by atoms with Crippen molar-refractivity contribution in [1.29, 1.82) is 0 Å². The predicted octanol–water partition coefficient (Wildman–Crippen LogP) is 4.69. The number of methoxy groups -OCH3 is 1. The quantitative estimate of drug-likeness (QED) is 0.584. The van der Waals surface area contributed by atoms with Gasteiger partial charge in [0.25, 0.3) is 5.91 Å². The molecule has 1 aromatic heterocycles. The Kier molecular flexibility index (Phi) is 6.21. The number of fused-ring (bicyclic) bond motifs is 1. The summed E-state index contributed by atoms with van der Waals surface area (Å²) in [5.74, 6) is -0.374. The molecule has 0 saturated carbocycles. The molecule has 0 fully saturated rings. The van der Waals surface area contributed by atoms with Crippen LogP contribution in [0.25, 0.3) is 10.1 Å². The molecule has 0 saturated heterocycles. The molecule has 1 heterocycles. The predicted molar refractivity (Wildman–Crippen MR) is 107 cm³/mol. The van der Waals surface area contributed by atoms with Gasteiger partial charge in [-0.1, -0.05) is 35.3 Å². The van der Waals surface area contributed by atoms with Crippen LogP contribution in [0.2, 0.25) is 10.0 Å². The average molecular weight is 424 g/mol. The van der Waals surface area contributed by atoms with Gasteiger partial charge in [-0.3, -0.25) is 4.79 Å². The lowest BCUT2D eigenvalue weighted by molar-refractivity contribution is -0.124. The summed E-state index contributed by atoms with van der Waals surface area (Å²) < 4.78 is 11.1. The van der Waals surface area contributed by atoms with Crippen LogP contribution in [-0.2, 0) is 16.1 Å². The summed E-state index contributed by atoms with van der Waals surface area (Å²) in [4.78, 5) is 24.4. The lowest BCUT2D eigenvalue weighted by Gasteiger charge is -2.06. The van der Waals surface area contributed by atoms with E-state index in [2.05, 4.69) is 5.32 Å². The van der Waals surface area contributed by atoms with Crippen LogP contribution in [0.5, 0.6) is 5.75 Å². The monoisotopic (exact) mass is 423 g/mol. The smallest absolute Gasteiger partial charge is 0.350 e. The molecule has 0 spiro atoms. The lowest BCUT2D eigenvalue weighted by atomic mass is 10.2. The molecule has 2 aromatic carbocycles. The molecule has 0 aliphatic rings. The van der Waals surface area contributed by atoms with Gasteiger partial charge in [0.05, 0.1) is 12.1 Å². The highest BCUT2D eigenvalue weighted by molar-refractivity contribution is 7.21. The third kappa shape index (κ3) is 4.71. The first-order valence-corrected chi connectivity index (χ1v) is 9.49. The summed E-state index contributed by atoms with van der Waals surface area (Å²) in [5.41, 5.74) is 0.889. The number of carbonyl (C=O) groups is 2. The van der Waals surface area contributed by atoms with Gasteiger partial charge in [-0.25, -0.2) is 4.79 Å². The fourth-order valence-corrected chi connectivity index (χ4v) is 3.91. The molecule has 140 valence electrons. The van der Waals surface area contributed by atoms with Gasteiger partial charge in [-0.15, -0.1) is 11.3 Å². The summed E-state index contributed by atoms with van der Waals surface area (Å²) in [6, 6.07) is 12.4. The van der Waals surface area contributed by atoms with Crippen molar-refractivity contribution in [3.8, 4) is 5.75 Å². The molecule has 3 rings (SSSR count). The van der Waals surface area contributed by atoms with Crippen molar-refractivity contribution in [1.82, 2.24) is 5.32 Å². The van der Waals surface area contributed by atoms with Gasteiger partial charge in [-0.05, 0) is 35.9 Å². The Hall–Kier alpha value is -2.28. The average Bonchev–Trinajstić information content (AvgIpc) is 3.01. The van der Waals surface area contributed by atoms with E-state index in [0.29, 0.717) is 22.3 Å². The van der Waals surface area contributed by atoms with E-state index in [-0.39, 0.29) is 11.5 Å². The minimum atomic E-state index is -0.637. The fraction of sp³-hybridized carbons (Fsp3) is 0.158. The van der Waals surface area contributed by atoms with Crippen LogP contribution < -0.4 is 10.1 Å². The van der Waals surface area contributed by atoms with Gasteiger partial charge < -0.3 is 14.8 Å². The molecule has 1 N–H and O–H groups in total. The molecule has 5 nitrogen and oxygen atoms in total. The number of esters is 1. The zero-order valence-corrected chi connectivity index (χ0v) is 16.6. The molecule has 0 unspecified atom stereocenters. The zero-order valence-electron chi connectivity index (χ0n) is 14.3. The van der Waals surface area contributed by atoms with E-state index in [4.69, 9.17) is 32.7 Å². The van der Waals surface area contributed by atoms with E-state index in [0.717, 1.165) is 15.6 Å².